The molecule has 1 heterocycles. The van der Waals surface area contributed by atoms with E-state index in [1.54, 1.807) is 18.2 Å². The summed E-state index contributed by atoms with van der Waals surface area (Å²) in [6.45, 7) is 0. The number of aromatic nitrogens is 1. The van der Waals surface area contributed by atoms with E-state index in [1.165, 1.54) is 18.3 Å². The van der Waals surface area contributed by atoms with E-state index >= 15 is 0 Å². The first kappa shape index (κ1) is 10.7. The highest BCUT2D eigenvalue weighted by Gasteiger charge is 2.03. The maximum atomic E-state index is 12.5. The van der Waals surface area contributed by atoms with Gasteiger partial charge in [0.25, 0.3) is 0 Å². The molecule has 0 saturated carbocycles. The van der Waals surface area contributed by atoms with Crippen molar-refractivity contribution in [2.24, 2.45) is 0 Å². The lowest BCUT2D eigenvalue weighted by Crippen LogP contribution is -1.89. The van der Waals surface area contributed by atoms with E-state index in [-0.39, 0.29) is 0 Å². The average Bonchev–Trinajstić information content (AvgIpc) is 2.25. The number of nitrogens with zero attached hydrogens (tertiary/aromatic N) is 1. The maximum absolute atomic E-state index is 12.5. The van der Waals surface area contributed by atoms with Gasteiger partial charge in [-0.05, 0) is 30.3 Å². The Bertz CT molecular complexity index is 502. The van der Waals surface area contributed by atoms with E-state index in [0.29, 0.717) is 22.2 Å². The van der Waals surface area contributed by atoms with Crippen LogP contribution in [-0.2, 0) is 0 Å². The summed E-state index contributed by atoms with van der Waals surface area (Å²) in [4.78, 5) is 3.46. The van der Waals surface area contributed by atoms with Crippen LogP contribution in [0.15, 0.2) is 36.5 Å². The van der Waals surface area contributed by atoms with Crippen molar-refractivity contribution in [3.63, 3.8) is 0 Å². The molecule has 0 saturated heterocycles. The van der Waals surface area contributed by atoms with Gasteiger partial charge < -0.3 is 10.5 Å². The molecular weight excluding hydrogens is 231 g/mol. The molecule has 5 heteroatoms. The topological polar surface area (TPSA) is 48.1 Å². The van der Waals surface area contributed by atoms with Gasteiger partial charge in [-0.15, -0.1) is 0 Å². The summed E-state index contributed by atoms with van der Waals surface area (Å²) in [6, 6.07) is 7.56. The Labute approximate surface area is 96.6 Å². The Morgan fingerprint density at radius 1 is 1.25 bits per heavy atom. The third-order valence-corrected chi connectivity index (χ3v) is 2.18. The molecule has 0 aliphatic rings. The van der Waals surface area contributed by atoms with E-state index in [4.69, 9.17) is 22.1 Å². The van der Waals surface area contributed by atoms with Crippen molar-refractivity contribution in [1.82, 2.24) is 4.98 Å². The highest BCUT2D eigenvalue weighted by molar-refractivity contribution is 6.32. The van der Waals surface area contributed by atoms with Gasteiger partial charge in [0.2, 0.25) is 5.95 Å². The van der Waals surface area contributed by atoms with Crippen LogP contribution in [0.4, 0.5) is 10.1 Å². The highest BCUT2D eigenvalue weighted by atomic mass is 35.5. The van der Waals surface area contributed by atoms with Gasteiger partial charge in [-0.25, -0.2) is 4.98 Å². The number of nitrogens with two attached hydrogens (primary N) is 1. The quantitative estimate of drug-likeness (QED) is 0.645. The number of rotatable bonds is 2. The predicted molar refractivity (Wildman–Crippen MR) is 60.1 cm³/mol. The molecule has 0 aliphatic carbocycles. The van der Waals surface area contributed by atoms with Crippen LogP contribution >= 0.6 is 11.6 Å². The number of ether oxygens (including phenoxy) is 1. The zero-order valence-corrected chi connectivity index (χ0v) is 8.91. The molecule has 0 amide bonds. The summed E-state index contributed by atoms with van der Waals surface area (Å²) in [7, 11) is 0. The molecule has 3 nitrogen and oxygen atoms in total. The molecule has 0 unspecified atom stereocenters. The number of hydrogen-bond donors (Lipinski definition) is 1. The number of halogens is 2. The summed E-state index contributed by atoms with van der Waals surface area (Å²) in [6.07, 6.45) is 1.28. The van der Waals surface area contributed by atoms with Gasteiger partial charge in [0, 0.05) is 5.69 Å². The second-order valence-electron chi connectivity index (χ2n) is 3.11. The normalized spacial score (nSPS) is 10.1. The minimum absolute atomic E-state index is 0.393. The van der Waals surface area contributed by atoms with Crippen molar-refractivity contribution in [3.8, 4) is 11.5 Å². The zero-order chi connectivity index (χ0) is 11.5. The van der Waals surface area contributed by atoms with Crippen molar-refractivity contribution < 1.29 is 9.13 Å². The average molecular weight is 239 g/mol. The van der Waals surface area contributed by atoms with E-state index in [2.05, 4.69) is 4.98 Å². The van der Waals surface area contributed by atoms with Crippen LogP contribution in [0.2, 0.25) is 5.02 Å². The number of anilines is 1. The Kier molecular flexibility index (Phi) is 2.92. The minimum atomic E-state index is -0.559. The molecule has 0 radical (unpaired) electrons. The first-order valence-corrected chi connectivity index (χ1v) is 4.87. The van der Waals surface area contributed by atoms with Gasteiger partial charge >= 0.3 is 0 Å². The van der Waals surface area contributed by atoms with Crippen molar-refractivity contribution in [3.05, 3.63) is 47.5 Å². The molecule has 0 bridgehead atoms. The highest BCUT2D eigenvalue weighted by Crippen LogP contribution is 2.30. The molecule has 2 aromatic rings. The Hall–Kier alpha value is -1.81. The second kappa shape index (κ2) is 4.37. The number of pyridine rings is 1. The van der Waals surface area contributed by atoms with Crippen LogP contribution in [0.5, 0.6) is 11.5 Å². The first-order chi connectivity index (χ1) is 7.65. The molecule has 16 heavy (non-hydrogen) atoms. The van der Waals surface area contributed by atoms with Gasteiger partial charge in [-0.3, -0.25) is 0 Å². The monoisotopic (exact) mass is 238 g/mol. The van der Waals surface area contributed by atoms with Crippen LogP contribution in [0.1, 0.15) is 0 Å². The van der Waals surface area contributed by atoms with E-state index < -0.39 is 5.95 Å². The SMILES string of the molecule is Nc1ccc(Oc2ccc(F)nc2)c(Cl)c1. The van der Waals surface area contributed by atoms with E-state index in [1.807, 2.05) is 0 Å². The van der Waals surface area contributed by atoms with Gasteiger partial charge in [0.1, 0.15) is 11.5 Å². The molecule has 2 rings (SSSR count). The second-order valence-corrected chi connectivity index (χ2v) is 3.52. The molecular formula is C11H8ClFN2O. The number of benzene rings is 1. The third-order valence-electron chi connectivity index (χ3n) is 1.88. The van der Waals surface area contributed by atoms with E-state index in [0.717, 1.165) is 0 Å². The summed E-state index contributed by atoms with van der Waals surface area (Å²) < 4.78 is 18.0. The fourth-order valence-corrected chi connectivity index (χ4v) is 1.38. The number of nitrogen functional groups attached to an aromatic ring is 1. The summed E-state index contributed by atoms with van der Waals surface area (Å²) >= 11 is 5.91. The molecule has 82 valence electrons. The van der Waals surface area contributed by atoms with Crippen molar-refractivity contribution >= 4 is 17.3 Å². The molecule has 0 atom stereocenters. The fraction of sp³-hybridized carbons (Fsp3) is 0. The summed E-state index contributed by atoms with van der Waals surface area (Å²) in [5, 5.41) is 0.393. The Balaban J connectivity index is 2.23. The minimum Gasteiger partial charge on any atom is -0.454 e. The van der Waals surface area contributed by atoms with Crippen LogP contribution in [0.3, 0.4) is 0 Å². The molecule has 1 aromatic carbocycles. The standard InChI is InChI=1S/C11H8ClFN2O/c12-9-5-7(14)1-3-10(9)16-8-2-4-11(13)15-6-8/h1-6H,14H2. The summed E-state index contributed by atoms with van der Waals surface area (Å²) in [5.41, 5.74) is 6.09. The lowest BCUT2D eigenvalue weighted by atomic mass is 10.3. The molecule has 0 fully saturated rings. The van der Waals surface area contributed by atoms with Crippen LogP contribution in [0, 0.1) is 5.95 Å². The zero-order valence-electron chi connectivity index (χ0n) is 8.15. The first-order valence-electron chi connectivity index (χ1n) is 4.49. The van der Waals surface area contributed by atoms with Gasteiger partial charge in [-0.1, -0.05) is 11.6 Å². The number of hydrogen-bond acceptors (Lipinski definition) is 3. The molecule has 0 spiro atoms. The van der Waals surface area contributed by atoms with Crippen LogP contribution in [-0.4, -0.2) is 4.98 Å². The maximum Gasteiger partial charge on any atom is 0.213 e. The van der Waals surface area contributed by atoms with Crippen LogP contribution in [0.25, 0.3) is 0 Å². The largest absolute Gasteiger partial charge is 0.454 e. The lowest BCUT2D eigenvalue weighted by molar-refractivity contribution is 0.475. The van der Waals surface area contributed by atoms with Gasteiger partial charge in [0.15, 0.2) is 0 Å². The van der Waals surface area contributed by atoms with Crippen LogP contribution < -0.4 is 10.5 Å². The lowest BCUT2D eigenvalue weighted by Gasteiger charge is -2.07. The predicted octanol–water partition coefficient (Wildman–Crippen LogP) is 3.25. The molecule has 2 N–H and O–H groups in total. The van der Waals surface area contributed by atoms with Crippen molar-refractivity contribution in [2.45, 2.75) is 0 Å². The fourth-order valence-electron chi connectivity index (χ4n) is 1.15. The molecule has 0 aliphatic heterocycles. The van der Waals surface area contributed by atoms with Gasteiger partial charge in [0.05, 0.1) is 11.2 Å². The summed E-state index contributed by atoms with van der Waals surface area (Å²) in [5.74, 6) is 0.299. The van der Waals surface area contributed by atoms with Crippen molar-refractivity contribution in [2.75, 3.05) is 5.73 Å². The third kappa shape index (κ3) is 2.41. The Morgan fingerprint density at radius 3 is 2.69 bits per heavy atom. The smallest absolute Gasteiger partial charge is 0.213 e. The van der Waals surface area contributed by atoms with Crippen molar-refractivity contribution in [1.29, 1.82) is 0 Å². The van der Waals surface area contributed by atoms with E-state index in [9.17, 15) is 4.39 Å². The molecule has 1 aromatic heterocycles. The Morgan fingerprint density at radius 2 is 2.06 bits per heavy atom. The van der Waals surface area contributed by atoms with Gasteiger partial charge in [-0.2, -0.15) is 4.39 Å².